The van der Waals surface area contributed by atoms with Crippen molar-refractivity contribution in [2.75, 3.05) is 18.6 Å². The molecule has 1 aliphatic carbocycles. The van der Waals surface area contributed by atoms with Gasteiger partial charge in [-0.1, -0.05) is 11.2 Å². The maximum Gasteiger partial charge on any atom is 0.131 e. The largest absolute Gasteiger partial charge is 0.399 e. The highest BCUT2D eigenvalue weighted by Crippen LogP contribution is 2.44. The van der Waals surface area contributed by atoms with Crippen LogP contribution in [0.4, 0.5) is 11.5 Å². The van der Waals surface area contributed by atoms with Gasteiger partial charge in [-0.25, -0.2) is 9.97 Å². The molecule has 0 saturated heterocycles. The normalized spacial score (nSPS) is 17.2. The maximum atomic E-state index is 6.09. The predicted molar refractivity (Wildman–Crippen MR) is 82.9 cm³/mol. The third-order valence-electron chi connectivity index (χ3n) is 3.83. The van der Waals surface area contributed by atoms with Crippen LogP contribution in [-0.2, 0) is 10.3 Å². The maximum absolute atomic E-state index is 6.09. The van der Waals surface area contributed by atoms with Crippen LogP contribution < -0.4 is 11.5 Å². The fourth-order valence-electron chi connectivity index (χ4n) is 2.89. The molecule has 3 rings (SSSR count). The summed E-state index contributed by atoms with van der Waals surface area (Å²) >= 11 is 0. The zero-order valence-corrected chi connectivity index (χ0v) is 12.2. The van der Waals surface area contributed by atoms with Crippen molar-refractivity contribution < 1.29 is 4.84 Å². The minimum Gasteiger partial charge on any atom is -0.399 e. The first-order valence-electron chi connectivity index (χ1n) is 6.59. The fourth-order valence-corrected chi connectivity index (χ4v) is 2.89. The third-order valence-corrected chi connectivity index (χ3v) is 3.83. The van der Waals surface area contributed by atoms with E-state index in [1.54, 1.807) is 0 Å². The van der Waals surface area contributed by atoms with Crippen molar-refractivity contribution in [3.63, 3.8) is 0 Å². The summed E-state index contributed by atoms with van der Waals surface area (Å²) in [5, 5.41) is 4.21. The SMILES string of the molecule is CO/N=C1\c2cc(N)ccc2-c2ncnc(N)c2C1(C)C. The number of anilines is 2. The van der Waals surface area contributed by atoms with Crippen molar-refractivity contribution in [1.29, 1.82) is 0 Å². The molecule has 2 aromatic rings. The van der Waals surface area contributed by atoms with Crippen molar-refractivity contribution in [1.82, 2.24) is 9.97 Å². The van der Waals surface area contributed by atoms with E-state index in [1.165, 1.54) is 13.4 Å². The number of oxime groups is 1. The van der Waals surface area contributed by atoms with Crippen molar-refractivity contribution in [3.8, 4) is 11.3 Å². The smallest absolute Gasteiger partial charge is 0.131 e. The Morgan fingerprint density at radius 2 is 1.90 bits per heavy atom. The summed E-state index contributed by atoms with van der Waals surface area (Å²) in [6, 6.07) is 5.65. The Labute approximate surface area is 122 Å². The summed E-state index contributed by atoms with van der Waals surface area (Å²) in [6.07, 6.45) is 1.48. The van der Waals surface area contributed by atoms with Crippen LogP contribution in [0.25, 0.3) is 11.3 Å². The van der Waals surface area contributed by atoms with Crippen molar-refractivity contribution in [3.05, 3.63) is 35.7 Å². The van der Waals surface area contributed by atoms with Gasteiger partial charge in [0.15, 0.2) is 0 Å². The Balaban J connectivity index is 2.44. The van der Waals surface area contributed by atoms with Crippen LogP contribution in [0.1, 0.15) is 25.0 Å². The molecule has 4 N–H and O–H groups in total. The zero-order valence-electron chi connectivity index (χ0n) is 12.2. The second-order valence-electron chi connectivity index (χ2n) is 5.54. The highest BCUT2D eigenvalue weighted by Gasteiger charge is 2.40. The summed E-state index contributed by atoms with van der Waals surface area (Å²) in [7, 11) is 1.52. The first-order valence-corrected chi connectivity index (χ1v) is 6.59. The summed E-state index contributed by atoms with van der Waals surface area (Å²) in [5.74, 6) is 0.455. The average molecular weight is 283 g/mol. The molecule has 1 aromatic carbocycles. The molecule has 0 spiro atoms. The molecule has 0 atom stereocenters. The lowest BCUT2D eigenvalue weighted by Crippen LogP contribution is -2.36. The molecule has 0 unspecified atom stereocenters. The molecule has 0 saturated carbocycles. The molecule has 0 bridgehead atoms. The molecule has 6 heteroatoms. The van der Waals surface area contributed by atoms with Crippen LogP contribution in [0.2, 0.25) is 0 Å². The number of nitrogen functional groups attached to an aromatic ring is 2. The molecular formula is C15H17N5O. The van der Waals surface area contributed by atoms with E-state index in [4.69, 9.17) is 16.3 Å². The summed E-state index contributed by atoms with van der Waals surface area (Å²) in [5.41, 5.74) is 16.5. The molecule has 0 radical (unpaired) electrons. The van der Waals surface area contributed by atoms with E-state index < -0.39 is 5.41 Å². The van der Waals surface area contributed by atoms with Gasteiger partial charge in [0.2, 0.25) is 0 Å². The first kappa shape index (κ1) is 13.4. The molecule has 1 aromatic heterocycles. The Morgan fingerprint density at radius 1 is 1.14 bits per heavy atom. The van der Waals surface area contributed by atoms with Crippen LogP contribution in [0, 0.1) is 0 Å². The van der Waals surface area contributed by atoms with Crippen LogP contribution in [0.3, 0.4) is 0 Å². The number of nitrogens with two attached hydrogens (primary N) is 2. The van der Waals surface area contributed by atoms with Gasteiger partial charge < -0.3 is 16.3 Å². The lowest BCUT2D eigenvalue weighted by Gasteiger charge is -2.34. The Morgan fingerprint density at radius 3 is 2.62 bits per heavy atom. The van der Waals surface area contributed by atoms with Gasteiger partial charge in [0, 0.05) is 27.8 Å². The number of hydrogen-bond acceptors (Lipinski definition) is 6. The number of nitrogens with zero attached hydrogens (tertiary/aromatic N) is 3. The van der Waals surface area contributed by atoms with Gasteiger partial charge in [0.25, 0.3) is 0 Å². The van der Waals surface area contributed by atoms with E-state index in [1.807, 2.05) is 32.0 Å². The highest BCUT2D eigenvalue weighted by molar-refractivity contribution is 6.15. The van der Waals surface area contributed by atoms with Crippen LogP contribution in [0.5, 0.6) is 0 Å². The van der Waals surface area contributed by atoms with Crippen molar-refractivity contribution in [2.45, 2.75) is 19.3 Å². The summed E-state index contributed by atoms with van der Waals surface area (Å²) < 4.78 is 0. The second kappa shape index (κ2) is 4.44. The van der Waals surface area contributed by atoms with Crippen LogP contribution in [0.15, 0.2) is 29.7 Å². The van der Waals surface area contributed by atoms with Crippen LogP contribution in [-0.4, -0.2) is 22.8 Å². The predicted octanol–water partition coefficient (Wildman–Crippen LogP) is 1.95. The molecule has 21 heavy (non-hydrogen) atoms. The third kappa shape index (κ3) is 1.83. The topological polar surface area (TPSA) is 99.4 Å². The second-order valence-corrected chi connectivity index (χ2v) is 5.54. The van der Waals surface area contributed by atoms with Gasteiger partial charge in [-0.05, 0) is 26.0 Å². The van der Waals surface area contributed by atoms with E-state index in [0.29, 0.717) is 11.5 Å². The van der Waals surface area contributed by atoms with Gasteiger partial charge >= 0.3 is 0 Å². The molecule has 0 aliphatic heterocycles. The van der Waals surface area contributed by atoms with E-state index in [9.17, 15) is 0 Å². The quantitative estimate of drug-likeness (QED) is 0.615. The van der Waals surface area contributed by atoms with E-state index >= 15 is 0 Å². The summed E-state index contributed by atoms with van der Waals surface area (Å²) in [6.45, 7) is 4.05. The lowest BCUT2D eigenvalue weighted by molar-refractivity contribution is 0.211. The Bertz CT molecular complexity index is 752. The van der Waals surface area contributed by atoms with Gasteiger partial charge in [-0.2, -0.15) is 0 Å². The van der Waals surface area contributed by atoms with Gasteiger partial charge in [-0.3, -0.25) is 0 Å². The number of aromatic nitrogens is 2. The standard InChI is InChI=1S/C15H17N5O/c1-15(2)11-12(18-7-19-14(11)17)9-5-4-8(16)6-10(9)13(15)20-21-3/h4-7H,16H2,1-3H3,(H2,17,18,19)/b20-13+. The first-order chi connectivity index (χ1) is 9.96. The van der Waals surface area contributed by atoms with Gasteiger partial charge in [0.1, 0.15) is 19.3 Å². The number of rotatable bonds is 1. The van der Waals surface area contributed by atoms with Crippen molar-refractivity contribution in [2.24, 2.45) is 5.16 Å². The molecule has 1 aliphatic rings. The van der Waals surface area contributed by atoms with E-state index in [0.717, 1.165) is 28.1 Å². The fraction of sp³-hybridized carbons (Fsp3) is 0.267. The number of hydrogen-bond donors (Lipinski definition) is 2. The summed E-state index contributed by atoms with van der Waals surface area (Å²) in [4.78, 5) is 13.6. The molecule has 108 valence electrons. The number of benzene rings is 1. The Kier molecular flexibility index (Phi) is 2.83. The molecule has 0 amide bonds. The molecule has 6 nitrogen and oxygen atoms in total. The minimum absolute atomic E-state index is 0.455. The minimum atomic E-state index is -0.475. The highest BCUT2D eigenvalue weighted by atomic mass is 16.6. The molecule has 1 heterocycles. The lowest BCUT2D eigenvalue weighted by atomic mass is 9.70. The van der Waals surface area contributed by atoms with Crippen LogP contribution >= 0.6 is 0 Å². The van der Waals surface area contributed by atoms with Crippen molar-refractivity contribution >= 4 is 17.2 Å². The van der Waals surface area contributed by atoms with E-state index in [2.05, 4.69) is 15.1 Å². The van der Waals surface area contributed by atoms with E-state index in [-0.39, 0.29) is 0 Å². The van der Waals surface area contributed by atoms with Gasteiger partial charge in [-0.15, -0.1) is 0 Å². The number of fused-ring (bicyclic) bond motifs is 3. The zero-order chi connectivity index (χ0) is 15.2. The van der Waals surface area contributed by atoms with Gasteiger partial charge in [0.05, 0.1) is 11.4 Å². The molecule has 0 fully saturated rings. The average Bonchev–Trinajstić information content (AvgIpc) is 2.43. The molecular weight excluding hydrogens is 266 g/mol. The monoisotopic (exact) mass is 283 g/mol. The Hall–Kier alpha value is -2.63.